The molecule has 0 fully saturated rings. The average molecular weight is 528 g/mol. The van der Waals surface area contributed by atoms with Crippen molar-refractivity contribution in [1.82, 2.24) is 14.5 Å². The summed E-state index contributed by atoms with van der Waals surface area (Å²) in [5.41, 5.74) is 5.17. The van der Waals surface area contributed by atoms with E-state index in [1.165, 1.54) is 37.0 Å². The molecule has 0 N–H and O–H groups in total. The van der Waals surface area contributed by atoms with Gasteiger partial charge in [0.1, 0.15) is 16.0 Å². The standard InChI is InChI=1S/C36H21N3S/c1-2-10-23-19-26(18-17-22(23)9-1)33-35(38-36-34(37-33)28-14-6-8-16-32(28)40-36)39-30-15-7-5-13-27(30)29-20-24-11-3-4-12-25(24)21-31(29)39/h1-21H. The van der Waals surface area contributed by atoms with Gasteiger partial charge in [0.15, 0.2) is 5.82 Å². The third-order valence-corrected chi connectivity index (χ3v) is 9.02. The van der Waals surface area contributed by atoms with Gasteiger partial charge in [0, 0.05) is 26.4 Å². The molecule has 40 heavy (non-hydrogen) atoms. The highest BCUT2D eigenvalue weighted by Gasteiger charge is 2.21. The molecule has 3 aromatic heterocycles. The highest BCUT2D eigenvalue weighted by atomic mass is 32.1. The van der Waals surface area contributed by atoms with Crippen molar-refractivity contribution in [1.29, 1.82) is 0 Å². The molecule has 3 nitrogen and oxygen atoms in total. The monoisotopic (exact) mass is 527 g/mol. The van der Waals surface area contributed by atoms with E-state index in [1.807, 2.05) is 0 Å². The van der Waals surface area contributed by atoms with Crippen LogP contribution in [0.2, 0.25) is 0 Å². The molecule has 0 aliphatic heterocycles. The second-order valence-corrected chi connectivity index (χ2v) is 11.3. The Bertz CT molecular complexity index is 2450. The topological polar surface area (TPSA) is 30.7 Å². The number of para-hydroxylation sites is 1. The molecule has 0 saturated heterocycles. The zero-order valence-corrected chi connectivity index (χ0v) is 22.2. The van der Waals surface area contributed by atoms with Gasteiger partial charge >= 0.3 is 0 Å². The predicted molar refractivity (Wildman–Crippen MR) is 170 cm³/mol. The Morgan fingerprint density at radius 3 is 2.02 bits per heavy atom. The molecule has 0 aliphatic rings. The fourth-order valence-electron chi connectivity index (χ4n) is 6.08. The van der Waals surface area contributed by atoms with Crippen molar-refractivity contribution in [2.75, 3.05) is 0 Å². The largest absolute Gasteiger partial charge is 0.292 e. The van der Waals surface area contributed by atoms with E-state index in [2.05, 4.69) is 132 Å². The molecule has 0 spiro atoms. The number of thiophene rings is 1. The first-order valence-electron chi connectivity index (χ1n) is 13.4. The summed E-state index contributed by atoms with van der Waals surface area (Å²) in [6.45, 7) is 0. The van der Waals surface area contributed by atoms with E-state index in [4.69, 9.17) is 9.97 Å². The molecular weight excluding hydrogens is 506 g/mol. The van der Waals surface area contributed by atoms with Crippen molar-refractivity contribution in [2.24, 2.45) is 0 Å². The maximum atomic E-state index is 5.41. The van der Waals surface area contributed by atoms with E-state index in [0.29, 0.717) is 0 Å². The Balaban J connectivity index is 1.46. The molecule has 9 aromatic rings. The van der Waals surface area contributed by atoms with E-state index >= 15 is 0 Å². The van der Waals surface area contributed by atoms with Gasteiger partial charge in [-0.05, 0) is 51.9 Å². The Kier molecular flexibility index (Phi) is 4.48. The average Bonchev–Trinajstić information content (AvgIpc) is 3.53. The SMILES string of the molecule is c1ccc2cc(-c3nc4c(nc3-n3c5ccccc5c5cc6ccccc6cc53)sc3ccccc34)ccc2c1. The first-order chi connectivity index (χ1) is 19.8. The quantitative estimate of drug-likeness (QED) is 0.224. The summed E-state index contributed by atoms with van der Waals surface area (Å²) in [6, 6.07) is 45.4. The molecular formula is C36H21N3S. The zero-order valence-electron chi connectivity index (χ0n) is 21.4. The fourth-order valence-corrected chi connectivity index (χ4v) is 7.10. The van der Waals surface area contributed by atoms with E-state index in [1.54, 1.807) is 11.3 Å². The maximum absolute atomic E-state index is 5.41. The highest BCUT2D eigenvalue weighted by molar-refractivity contribution is 7.25. The second-order valence-electron chi connectivity index (χ2n) is 10.3. The summed E-state index contributed by atoms with van der Waals surface area (Å²) >= 11 is 1.71. The van der Waals surface area contributed by atoms with Gasteiger partial charge in [0.05, 0.1) is 11.0 Å². The van der Waals surface area contributed by atoms with Gasteiger partial charge in [-0.15, -0.1) is 11.3 Å². The van der Waals surface area contributed by atoms with E-state index in [0.717, 1.165) is 43.8 Å². The molecule has 6 aromatic carbocycles. The van der Waals surface area contributed by atoms with Gasteiger partial charge in [-0.2, -0.15) is 0 Å². The molecule has 0 atom stereocenters. The number of nitrogens with zero attached hydrogens (tertiary/aromatic N) is 3. The molecule has 0 radical (unpaired) electrons. The van der Waals surface area contributed by atoms with E-state index in [9.17, 15) is 0 Å². The molecule has 0 unspecified atom stereocenters. The third-order valence-electron chi connectivity index (χ3n) is 7.97. The molecule has 186 valence electrons. The minimum atomic E-state index is 0.857. The molecule has 0 amide bonds. The second kappa shape index (κ2) is 8.22. The van der Waals surface area contributed by atoms with Crippen molar-refractivity contribution >= 4 is 75.1 Å². The lowest BCUT2D eigenvalue weighted by molar-refractivity contribution is 1.09. The number of aromatic nitrogens is 3. The van der Waals surface area contributed by atoms with Crippen LogP contribution in [0, 0.1) is 0 Å². The summed E-state index contributed by atoms with van der Waals surface area (Å²) in [5, 5.41) is 8.43. The molecule has 0 aliphatic carbocycles. The summed E-state index contributed by atoms with van der Waals surface area (Å²) in [5.74, 6) is 0.857. The van der Waals surface area contributed by atoms with Crippen LogP contribution in [0.15, 0.2) is 127 Å². The summed E-state index contributed by atoms with van der Waals surface area (Å²) in [6.07, 6.45) is 0. The van der Waals surface area contributed by atoms with E-state index < -0.39 is 0 Å². The van der Waals surface area contributed by atoms with Gasteiger partial charge in [-0.25, -0.2) is 9.97 Å². The van der Waals surface area contributed by atoms with Gasteiger partial charge in [0.25, 0.3) is 0 Å². The number of benzene rings is 6. The Morgan fingerprint density at radius 1 is 0.500 bits per heavy atom. The smallest absolute Gasteiger partial charge is 0.166 e. The lowest BCUT2D eigenvalue weighted by atomic mass is 10.0. The molecule has 9 rings (SSSR count). The normalized spacial score (nSPS) is 12.0. The maximum Gasteiger partial charge on any atom is 0.166 e. The number of fused-ring (bicyclic) bond motifs is 8. The van der Waals surface area contributed by atoms with Gasteiger partial charge < -0.3 is 0 Å². The number of rotatable bonds is 2. The number of hydrogen-bond donors (Lipinski definition) is 0. The van der Waals surface area contributed by atoms with Crippen molar-refractivity contribution in [3.63, 3.8) is 0 Å². The summed E-state index contributed by atoms with van der Waals surface area (Å²) in [4.78, 5) is 11.8. The molecule has 0 bridgehead atoms. The van der Waals surface area contributed by atoms with Crippen LogP contribution in [0.4, 0.5) is 0 Å². The molecule has 4 heteroatoms. The van der Waals surface area contributed by atoms with Crippen LogP contribution in [0.25, 0.3) is 80.9 Å². The molecule has 0 saturated carbocycles. The van der Waals surface area contributed by atoms with Crippen LogP contribution in [-0.2, 0) is 0 Å². The third kappa shape index (κ3) is 3.11. The van der Waals surface area contributed by atoms with Gasteiger partial charge in [0.2, 0.25) is 0 Å². The Labute approximate surface area is 233 Å². The van der Waals surface area contributed by atoms with Crippen molar-refractivity contribution in [3.8, 4) is 17.1 Å². The van der Waals surface area contributed by atoms with Crippen LogP contribution < -0.4 is 0 Å². The van der Waals surface area contributed by atoms with Crippen molar-refractivity contribution in [2.45, 2.75) is 0 Å². The van der Waals surface area contributed by atoms with Gasteiger partial charge in [-0.1, -0.05) is 97.1 Å². The lowest BCUT2D eigenvalue weighted by Crippen LogP contribution is -2.03. The highest BCUT2D eigenvalue weighted by Crippen LogP contribution is 2.40. The predicted octanol–water partition coefficient (Wildman–Crippen LogP) is 9.91. The first kappa shape index (κ1) is 21.8. The Hall–Kier alpha value is -5.06. The fraction of sp³-hybridized carbons (Fsp3) is 0. The van der Waals surface area contributed by atoms with Crippen LogP contribution in [0.1, 0.15) is 0 Å². The Morgan fingerprint density at radius 2 is 1.18 bits per heavy atom. The summed E-state index contributed by atoms with van der Waals surface area (Å²) < 4.78 is 3.52. The van der Waals surface area contributed by atoms with Gasteiger partial charge in [-0.3, -0.25) is 4.57 Å². The first-order valence-corrected chi connectivity index (χ1v) is 14.2. The van der Waals surface area contributed by atoms with Crippen molar-refractivity contribution in [3.05, 3.63) is 127 Å². The number of hydrogen-bond acceptors (Lipinski definition) is 3. The van der Waals surface area contributed by atoms with E-state index in [-0.39, 0.29) is 0 Å². The van der Waals surface area contributed by atoms with Crippen LogP contribution >= 0.6 is 11.3 Å². The van der Waals surface area contributed by atoms with Crippen LogP contribution in [-0.4, -0.2) is 14.5 Å². The van der Waals surface area contributed by atoms with Crippen LogP contribution in [0.3, 0.4) is 0 Å². The van der Waals surface area contributed by atoms with Crippen molar-refractivity contribution < 1.29 is 0 Å². The zero-order chi connectivity index (χ0) is 26.2. The molecule has 3 heterocycles. The minimum Gasteiger partial charge on any atom is -0.292 e. The minimum absolute atomic E-state index is 0.857. The summed E-state index contributed by atoms with van der Waals surface area (Å²) in [7, 11) is 0. The lowest BCUT2D eigenvalue weighted by Gasteiger charge is -2.13. The van der Waals surface area contributed by atoms with Crippen LogP contribution in [0.5, 0.6) is 0 Å².